The molecule has 1 heterocycles. The molecule has 2 nitrogen and oxygen atoms in total. The Kier molecular flexibility index (Phi) is 39.7. The van der Waals surface area contributed by atoms with Crippen LogP contribution in [0.4, 0.5) is 0 Å². The number of allylic oxidation sites excluding steroid dienone is 7. The molecule has 0 saturated heterocycles. The molecule has 0 aromatic heterocycles. The summed E-state index contributed by atoms with van der Waals surface area (Å²) >= 11 is 0. The molecule has 0 radical (unpaired) electrons. The number of aryl methyl sites for hydroxylation is 2. The Labute approximate surface area is 448 Å². The van der Waals surface area contributed by atoms with Gasteiger partial charge in [-0.25, -0.2) is 4.68 Å². The van der Waals surface area contributed by atoms with E-state index in [2.05, 4.69) is 107 Å². The molecule has 1 N–H and O–H groups in total. The molecule has 0 amide bonds. The third-order valence-corrected chi connectivity index (χ3v) is 15.7. The van der Waals surface area contributed by atoms with Crippen LogP contribution in [-0.2, 0) is 12.8 Å². The van der Waals surface area contributed by atoms with E-state index in [4.69, 9.17) is 0 Å². The third kappa shape index (κ3) is 28.5. The molecule has 1 aliphatic rings. The van der Waals surface area contributed by atoms with Crippen molar-refractivity contribution in [1.82, 2.24) is 0 Å². The molecule has 0 unspecified atom stereocenters. The third-order valence-electron chi connectivity index (χ3n) is 15.7. The summed E-state index contributed by atoms with van der Waals surface area (Å²) in [6.07, 6.45) is 72.1. The van der Waals surface area contributed by atoms with E-state index in [1.54, 1.807) is 0 Å². The Morgan fingerprint density at radius 1 is 0.333 bits per heavy atom. The molecule has 0 bridgehead atoms. The first-order chi connectivity index (χ1) is 35.7. The average Bonchev–Trinajstić information content (AvgIpc) is 3.67. The minimum Gasteiger partial charge on any atom is -0.448 e. The number of unbranched alkanes of at least 4 members (excludes halogenated alkanes) is 36. The molecule has 1 aliphatic heterocycles. The normalized spacial score (nSPS) is 13.7. The molecule has 0 atom stereocenters. The summed E-state index contributed by atoms with van der Waals surface area (Å²) in [5.41, 5.74) is 10.3. The van der Waals surface area contributed by atoms with Crippen LogP contribution >= 0.6 is 0 Å². The molecule has 2 aromatic carbocycles. The van der Waals surface area contributed by atoms with E-state index in [1.165, 1.54) is 258 Å². The molecule has 406 valence electrons. The van der Waals surface area contributed by atoms with E-state index in [-0.39, 0.29) is 0 Å². The van der Waals surface area contributed by atoms with Gasteiger partial charge < -0.3 is 5.84 Å². The Morgan fingerprint density at radius 3 is 1.06 bits per heavy atom. The lowest BCUT2D eigenvalue weighted by atomic mass is 9.88. The zero-order valence-electron chi connectivity index (χ0n) is 48.3. The van der Waals surface area contributed by atoms with Crippen molar-refractivity contribution in [2.45, 2.75) is 317 Å². The van der Waals surface area contributed by atoms with Gasteiger partial charge in [0.1, 0.15) is 0 Å². The van der Waals surface area contributed by atoms with E-state index in [9.17, 15) is 5.84 Å². The standard InChI is InChI=1S/C70H116N2/c1-5-9-13-16-19-21-23-25-27-29-31-33-35-37-39-41-43-45-48-55-63-57-51-53-60-65(63)69-67(59-12-8-4)68(62-50-47-18-15-11-7-3)70(72(69)71)66-61-54-52-58-64(66)56-49-46-44-42-40-38-36-34-32-30-28-26-24-22-20-17-14-10-6-2/h41-44,51-54,57-58,60-62,71H,5-40,45-50,55-56,59H2,1-4H3. The maximum Gasteiger partial charge on any atom is 0.216 e. The second kappa shape index (κ2) is 45.3. The number of nitrogens with zero attached hydrogens (tertiary/aromatic N) is 1. The summed E-state index contributed by atoms with van der Waals surface area (Å²) < 4.78 is 1.89. The molecule has 0 fully saturated rings. The van der Waals surface area contributed by atoms with Gasteiger partial charge in [-0.05, 0) is 113 Å². The smallest absolute Gasteiger partial charge is 0.216 e. The molecule has 2 aromatic rings. The van der Waals surface area contributed by atoms with Crippen LogP contribution in [0.5, 0.6) is 0 Å². The van der Waals surface area contributed by atoms with E-state index in [0.717, 1.165) is 75.6 Å². The lowest BCUT2D eigenvalue weighted by Gasteiger charge is -2.13. The fraction of sp³-hybridized carbons (Fsp3) is 0.700. The Bertz CT molecular complexity index is 1750. The van der Waals surface area contributed by atoms with Gasteiger partial charge in [-0.2, -0.15) is 0 Å². The number of benzene rings is 2. The first kappa shape index (κ1) is 63.2. The summed E-state index contributed by atoms with van der Waals surface area (Å²) in [6, 6.07) is 18.2. The Hall–Kier alpha value is -3.13. The van der Waals surface area contributed by atoms with Gasteiger partial charge in [0.25, 0.3) is 0 Å². The lowest BCUT2D eigenvalue weighted by molar-refractivity contribution is -0.347. The van der Waals surface area contributed by atoms with Crippen molar-refractivity contribution in [2.75, 3.05) is 0 Å². The molecule has 72 heavy (non-hydrogen) atoms. The van der Waals surface area contributed by atoms with Gasteiger partial charge in [-0.3, -0.25) is 0 Å². The highest BCUT2D eigenvalue weighted by molar-refractivity contribution is 6.17. The van der Waals surface area contributed by atoms with E-state index < -0.39 is 0 Å². The van der Waals surface area contributed by atoms with Gasteiger partial charge in [0.2, 0.25) is 11.4 Å². The van der Waals surface area contributed by atoms with E-state index >= 15 is 0 Å². The van der Waals surface area contributed by atoms with Gasteiger partial charge in [0.15, 0.2) is 0 Å². The first-order valence-corrected chi connectivity index (χ1v) is 32.0. The van der Waals surface area contributed by atoms with Crippen molar-refractivity contribution >= 4 is 11.4 Å². The van der Waals surface area contributed by atoms with E-state index in [0.29, 0.717) is 0 Å². The van der Waals surface area contributed by atoms with Crippen LogP contribution in [-0.4, -0.2) is 10.4 Å². The SMILES string of the molecule is CCCCCCCC=C1C(CCCC)=C(c2ccccc2CCCC=CCCCCCCCCCCCCCCCC)[N+]([NH-])=C1c1ccccc1CCCC=CCCCCCCCCCCCCCCCC. The van der Waals surface area contributed by atoms with Crippen molar-refractivity contribution in [1.29, 1.82) is 0 Å². The van der Waals surface area contributed by atoms with Gasteiger partial charge in [0, 0.05) is 16.7 Å². The van der Waals surface area contributed by atoms with Crippen molar-refractivity contribution < 1.29 is 4.68 Å². The highest BCUT2D eigenvalue weighted by atomic mass is 15.3. The van der Waals surface area contributed by atoms with Crippen LogP contribution in [0.15, 0.2) is 90.1 Å². The summed E-state index contributed by atoms with van der Waals surface area (Å²) in [5, 5.41) is 0. The minimum atomic E-state index is 1.02. The fourth-order valence-electron chi connectivity index (χ4n) is 11.2. The van der Waals surface area contributed by atoms with Gasteiger partial charge in [-0.15, -0.1) is 0 Å². The molecular weight excluding hydrogens is 869 g/mol. The maximum absolute atomic E-state index is 10.1. The van der Waals surface area contributed by atoms with Crippen molar-refractivity contribution in [2.24, 2.45) is 0 Å². The summed E-state index contributed by atoms with van der Waals surface area (Å²) in [5.74, 6) is 10.1. The Morgan fingerprint density at radius 2 is 0.653 bits per heavy atom. The molecule has 0 spiro atoms. The van der Waals surface area contributed by atoms with Gasteiger partial charge >= 0.3 is 0 Å². The zero-order valence-corrected chi connectivity index (χ0v) is 48.3. The zero-order chi connectivity index (χ0) is 51.2. The van der Waals surface area contributed by atoms with Crippen LogP contribution < -0.4 is 0 Å². The molecule has 2 heteroatoms. The van der Waals surface area contributed by atoms with Crippen LogP contribution in [0.25, 0.3) is 11.5 Å². The summed E-state index contributed by atoms with van der Waals surface area (Å²) in [7, 11) is 0. The van der Waals surface area contributed by atoms with Crippen LogP contribution in [0.2, 0.25) is 0 Å². The van der Waals surface area contributed by atoms with Crippen LogP contribution in [0.1, 0.15) is 326 Å². The highest BCUT2D eigenvalue weighted by Gasteiger charge is 2.36. The topological polar surface area (TPSA) is 26.8 Å². The second-order valence-electron chi connectivity index (χ2n) is 22.2. The molecular formula is C70H116N2. The predicted molar refractivity (Wildman–Crippen MR) is 323 cm³/mol. The monoisotopic (exact) mass is 985 g/mol. The maximum atomic E-state index is 10.1. The fourth-order valence-corrected chi connectivity index (χ4v) is 11.2. The van der Waals surface area contributed by atoms with Gasteiger partial charge in [0.05, 0.1) is 5.57 Å². The summed E-state index contributed by atoms with van der Waals surface area (Å²) in [6.45, 7) is 9.24. The number of nitrogens with one attached hydrogen (secondary N) is 1. The largest absolute Gasteiger partial charge is 0.448 e. The number of rotatable bonds is 49. The predicted octanol–water partition coefficient (Wildman–Crippen LogP) is 23.9. The van der Waals surface area contributed by atoms with Crippen LogP contribution in [0.3, 0.4) is 0 Å². The van der Waals surface area contributed by atoms with Crippen LogP contribution in [0, 0.1) is 0 Å². The number of hydrogen-bond donors (Lipinski definition) is 0. The molecule has 0 saturated carbocycles. The second-order valence-corrected chi connectivity index (χ2v) is 22.2. The molecule has 0 aliphatic carbocycles. The quantitative estimate of drug-likeness (QED) is 0.0359. The summed E-state index contributed by atoms with van der Waals surface area (Å²) in [4.78, 5) is 0. The van der Waals surface area contributed by atoms with E-state index in [1.807, 2.05) is 4.68 Å². The lowest BCUT2D eigenvalue weighted by Crippen LogP contribution is -2.14. The van der Waals surface area contributed by atoms with Crippen molar-refractivity contribution in [3.63, 3.8) is 0 Å². The highest BCUT2D eigenvalue weighted by Crippen LogP contribution is 2.40. The number of hydrogen-bond acceptors (Lipinski definition) is 0. The average molecular weight is 986 g/mol. The first-order valence-electron chi connectivity index (χ1n) is 32.0. The minimum absolute atomic E-state index is 1.02. The Balaban J connectivity index is 1.56. The van der Waals surface area contributed by atoms with Crippen molar-refractivity contribution in [3.05, 3.63) is 118 Å². The van der Waals surface area contributed by atoms with Crippen molar-refractivity contribution in [3.8, 4) is 0 Å². The van der Waals surface area contributed by atoms with Gasteiger partial charge in [-0.1, -0.05) is 294 Å². The molecule has 3 rings (SSSR count).